The Hall–Kier alpha value is -1.25. The molecule has 1 saturated carbocycles. The standard InChI is InChI=1S/C16H24O3/c17-15-9-7-5-3-1-2-4-6-8-14(12-15)16-13-18-10-11-19-16/h10-11,13-14H,1-9,12H2. The first kappa shape index (κ1) is 14.2. The van der Waals surface area contributed by atoms with Crippen molar-refractivity contribution in [2.75, 3.05) is 0 Å². The van der Waals surface area contributed by atoms with Crippen molar-refractivity contribution in [2.24, 2.45) is 5.92 Å². The lowest BCUT2D eigenvalue weighted by Crippen LogP contribution is -2.14. The minimum atomic E-state index is 0.192. The van der Waals surface area contributed by atoms with Crippen molar-refractivity contribution in [3.8, 4) is 0 Å². The van der Waals surface area contributed by atoms with Crippen molar-refractivity contribution in [3.05, 3.63) is 24.5 Å². The van der Waals surface area contributed by atoms with Gasteiger partial charge in [0.05, 0.1) is 0 Å². The molecule has 3 heteroatoms. The molecule has 0 radical (unpaired) electrons. The van der Waals surface area contributed by atoms with Crippen molar-refractivity contribution in [1.82, 2.24) is 0 Å². The van der Waals surface area contributed by atoms with E-state index in [0.717, 1.165) is 25.0 Å². The highest BCUT2D eigenvalue weighted by Crippen LogP contribution is 2.27. The largest absolute Gasteiger partial charge is 0.466 e. The molecular formula is C16H24O3. The molecule has 1 unspecified atom stereocenters. The van der Waals surface area contributed by atoms with Gasteiger partial charge in [-0.2, -0.15) is 0 Å². The highest BCUT2D eigenvalue weighted by atomic mass is 16.5. The average Bonchev–Trinajstić information content (AvgIpc) is 2.43. The monoisotopic (exact) mass is 264 g/mol. The summed E-state index contributed by atoms with van der Waals surface area (Å²) in [7, 11) is 0. The molecule has 0 aromatic rings. The molecule has 0 aromatic heterocycles. The Kier molecular flexibility index (Phi) is 5.99. The third-order valence-corrected chi connectivity index (χ3v) is 3.91. The zero-order valence-electron chi connectivity index (χ0n) is 11.6. The Balaban J connectivity index is 1.92. The lowest BCUT2D eigenvalue weighted by molar-refractivity contribution is -0.120. The fourth-order valence-electron chi connectivity index (χ4n) is 2.78. The first-order chi connectivity index (χ1) is 9.36. The van der Waals surface area contributed by atoms with Crippen LogP contribution in [0.3, 0.4) is 0 Å². The van der Waals surface area contributed by atoms with Crippen molar-refractivity contribution in [2.45, 2.75) is 64.2 Å². The number of rotatable bonds is 1. The van der Waals surface area contributed by atoms with Gasteiger partial charge in [-0.3, -0.25) is 4.79 Å². The molecule has 19 heavy (non-hydrogen) atoms. The van der Waals surface area contributed by atoms with Crippen molar-refractivity contribution < 1.29 is 14.3 Å². The summed E-state index contributed by atoms with van der Waals surface area (Å²) in [4.78, 5) is 12.0. The molecular weight excluding hydrogens is 240 g/mol. The van der Waals surface area contributed by atoms with Gasteiger partial charge < -0.3 is 9.47 Å². The number of ether oxygens (including phenoxy) is 2. The minimum Gasteiger partial charge on any atom is -0.466 e. The molecule has 3 nitrogen and oxygen atoms in total. The third kappa shape index (κ3) is 5.09. The molecule has 106 valence electrons. The highest BCUT2D eigenvalue weighted by Gasteiger charge is 2.21. The molecule has 0 N–H and O–H groups in total. The highest BCUT2D eigenvalue weighted by molar-refractivity contribution is 5.78. The molecule has 1 heterocycles. The van der Waals surface area contributed by atoms with Gasteiger partial charge in [-0.25, -0.2) is 0 Å². The van der Waals surface area contributed by atoms with Gasteiger partial charge in [0.15, 0.2) is 0 Å². The van der Waals surface area contributed by atoms with Gasteiger partial charge >= 0.3 is 0 Å². The summed E-state index contributed by atoms with van der Waals surface area (Å²) in [5, 5.41) is 0. The van der Waals surface area contributed by atoms with E-state index in [1.807, 2.05) is 0 Å². The van der Waals surface area contributed by atoms with E-state index in [0.29, 0.717) is 12.2 Å². The fraction of sp³-hybridized carbons (Fsp3) is 0.688. The topological polar surface area (TPSA) is 35.5 Å². The van der Waals surface area contributed by atoms with E-state index in [1.54, 1.807) is 12.5 Å². The van der Waals surface area contributed by atoms with Crippen LogP contribution in [0.25, 0.3) is 0 Å². The fourth-order valence-corrected chi connectivity index (χ4v) is 2.78. The number of hydrogen-bond donors (Lipinski definition) is 0. The number of Topliss-reactive ketones (excluding diaryl/α,β-unsaturated/α-hetero) is 1. The maximum atomic E-state index is 12.0. The van der Waals surface area contributed by atoms with Gasteiger partial charge in [0, 0.05) is 18.8 Å². The lowest BCUT2D eigenvalue weighted by atomic mass is 9.91. The maximum absolute atomic E-state index is 12.0. The summed E-state index contributed by atoms with van der Waals surface area (Å²) in [5.74, 6) is 1.37. The van der Waals surface area contributed by atoms with E-state index in [1.165, 1.54) is 44.8 Å². The molecule has 1 fully saturated rings. The van der Waals surface area contributed by atoms with Crippen molar-refractivity contribution in [3.63, 3.8) is 0 Å². The zero-order valence-corrected chi connectivity index (χ0v) is 11.6. The molecule has 2 rings (SSSR count). The number of hydrogen-bond acceptors (Lipinski definition) is 3. The van der Waals surface area contributed by atoms with Crippen LogP contribution in [-0.2, 0) is 14.3 Å². The summed E-state index contributed by atoms with van der Waals surface area (Å²) in [6, 6.07) is 0. The predicted molar refractivity (Wildman–Crippen MR) is 74.1 cm³/mol. The number of allylic oxidation sites excluding steroid dienone is 1. The van der Waals surface area contributed by atoms with Crippen molar-refractivity contribution >= 4 is 5.78 Å². The SMILES string of the molecule is O=C1CCCCCCCCCC(C2=COC=CO2)C1. The maximum Gasteiger partial charge on any atom is 0.142 e. The van der Waals surface area contributed by atoms with Crippen LogP contribution in [0, 0.1) is 5.92 Å². The zero-order chi connectivity index (χ0) is 13.3. The first-order valence-electron chi connectivity index (χ1n) is 7.55. The summed E-state index contributed by atoms with van der Waals surface area (Å²) in [5.41, 5.74) is 0. The summed E-state index contributed by atoms with van der Waals surface area (Å²) in [6.45, 7) is 0. The third-order valence-electron chi connectivity index (χ3n) is 3.91. The second kappa shape index (κ2) is 8.03. The van der Waals surface area contributed by atoms with E-state index in [2.05, 4.69) is 0 Å². The van der Waals surface area contributed by atoms with Crippen LogP contribution in [0.1, 0.15) is 64.2 Å². The Morgan fingerprint density at radius 1 is 0.947 bits per heavy atom. The number of carbonyl (C=O) groups is 1. The average molecular weight is 264 g/mol. The summed E-state index contributed by atoms with van der Waals surface area (Å²) >= 11 is 0. The molecule has 0 aromatic carbocycles. The van der Waals surface area contributed by atoms with E-state index < -0.39 is 0 Å². The summed E-state index contributed by atoms with van der Waals surface area (Å²) < 4.78 is 10.7. The second-order valence-electron chi connectivity index (χ2n) is 5.50. The van der Waals surface area contributed by atoms with E-state index in [-0.39, 0.29) is 5.92 Å². The van der Waals surface area contributed by atoms with Gasteiger partial charge in [-0.05, 0) is 12.8 Å². The predicted octanol–water partition coefficient (Wildman–Crippen LogP) is 4.45. The van der Waals surface area contributed by atoms with Crippen LogP contribution in [0.4, 0.5) is 0 Å². The van der Waals surface area contributed by atoms with Crippen LogP contribution in [0.5, 0.6) is 0 Å². The van der Waals surface area contributed by atoms with Gasteiger partial charge in [0.25, 0.3) is 0 Å². The molecule has 2 aliphatic rings. The molecule has 0 saturated heterocycles. The number of carbonyl (C=O) groups excluding carboxylic acids is 1. The van der Waals surface area contributed by atoms with Crippen LogP contribution in [0.2, 0.25) is 0 Å². The Morgan fingerprint density at radius 2 is 1.68 bits per heavy atom. The van der Waals surface area contributed by atoms with Crippen molar-refractivity contribution in [1.29, 1.82) is 0 Å². The molecule has 0 bridgehead atoms. The van der Waals surface area contributed by atoms with Crippen LogP contribution in [0.15, 0.2) is 24.5 Å². The minimum absolute atomic E-state index is 0.192. The lowest BCUT2D eigenvalue weighted by Gasteiger charge is -2.20. The Morgan fingerprint density at radius 3 is 2.42 bits per heavy atom. The van der Waals surface area contributed by atoms with Crippen LogP contribution < -0.4 is 0 Å². The van der Waals surface area contributed by atoms with Gasteiger partial charge in [0.2, 0.25) is 0 Å². The Bertz CT molecular complexity index is 344. The molecule has 0 amide bonds. The second-order valence-corrected chi connectivity index (χ2v) is 5.50. The van der Waals surface area contributed by atoms with Gasteiger partial charge in [0.1, 0.15) is 30.3 Å². The normalized spacial score (nSPS) is 26.4. The van der Waals surface area contributed by atoms with Gasteiger partial charge in [-0.15, -0.1) is 0 Å². The van der Waals surface area contributed by atoms with E-state index in [9.17, 15) is 4.79 Å². The molecule has 0 spiro atoms. The summed E-state index contributed by atoms with van der Waals surface area (Å²) in [6.07, 6.45) is 15.6. The molecule has 1 aliphatic heterocycles. The molecule has 1 aliphatic carbocycles. The Labute approximate surface area is 115 Å². The number of ketones is 1. The van der Waals surface area contributed by atoms with E-state index in [4.69, 9.17) is 9.47 Å². The van der Waals surface area contributed by atoms with Crippen LogP contribution in [-0.4, -0.2) is 5.78 Å². The van der Waals surface area contributed by atoms with Gasteiger partial charge in [-0.1, -0.05) is 38.5 Å². The quantitative estimate of drug-likeness (QED) is 0.702. The van der Waals surface area contributed by atoms with E-state index >= 15 is 0 Å². The smallest absolute Gasteiger partial charge is 0.142 e. The first-order valence-corrected chi connectivity index (χ1v) is 7.55. The molecule has 1 atom stereocenters. The van der Waals surface area contributed by atoms with Crippen LogP contribution >= 0.6 is 0 Å².